The third-order valence-electron chi connectivity index (χ3n) is 1.91. The molecule has 2 rings (SSSR count). The van der Waals surface area contributed by atoms with Crippen molar-refractivity contribution in [3.8, 4) is 0 Å². The van der Waals surface area contributed by atoms with Crippen molar-refractivity contribution in [2.45, 2.75) is 5.67 Å². The van der Waals surface area contributed by atoms with Crippen LogP contribution in [0.5, 0.6) is 0 Å². The second-order valence-electron chi connectivity index (χ2n) is 2.83. The number of halogens is 2. The fourth-order valence-corrected chi connectivity index (χ4v) is 1.13. The van der Waals surface area contributed by atoms with Crippen molar-refractivity contribution in [1.82, 2.24) is 4.98 Å². The van der Waals surface area contributed by atoms with E-state index in [-0.39, 0.29) is 13.2 Å². The zero-order valence-electron chi connectivity index (χ0n) is 6.26. The first-order valence-corrected chi connectivity index (χ1v) is 3.59. The van der Waals surface area contributed by atoms with E-state index in [0.717, 1.165) is 6.07 Å². The second kappa shape index (κ2) is 2.48. The molecule has 0 unspecified atom stereocenters. The number of alkyl halides is 1. The number of hydrogen-bond acceptors (Lipinski definition) is 2. The highest BCUT2D eigenvalue weighted by atomic mass is 19.1. The van der Waals surface area contributed by atoms with E-state index in [9.17, 15) is 8.78 Å². The molecule has 12 heavy (non-hydrogen) atoms. The maximum atomic E-state index is 13.5. The molecule has 0 amide bonds. The number of hydrogen-bond donors (Lipinski definition) is 0. The van der Waals surface area contributed by atoms with Crippen molar-refractivity contribution in [3.05, 3.63) is 29.8 Å². The lowest BCUT2D eigenvalue weighted by Gasteiger charge is -2.33. The molecule has 0 spiro atoms. The predicted molar refractivity (Wildman–Crippen MR) is 37.8 cm³/mol. The Morgan fingerprint density at radius 1 is 1.50 bits per heavy atom. The fraction of sp³-hybridized carbons (Fsp3) is 0.375. The first-order chi connectivity index (χ1) is 5.71. The predicted octanol–water partition coefficient (Wildman–Crippen LogP) is 1.42. The van der Waals surface area contributed by atoms with Gasteiger partial charge in [0.25, 0.3) is 0 Å². The van der Waals surface area contributed by atoms with Gasteiger partial charge in [-0.2, -0.15) is 4.39 Å². The highest BCUT2D eigenvalue weighted by Gasteiger charge is 2.40. The Labute approximate surface area is 68.2 Å². The van der Waals surface area contributed by atoms with Crippen LogP contribution in [-0.2, 0) is 10.4 Å². The van der Waals surface area contributed by atoms with Gasteiger partial charge >= 0.3 is 0 Å². The molecule has 1 aromatic heterocycles. The zero-order valence-corrected chi connectivity index (χ0v) is 6.26. The van der Waals surface area contributed by atoms with Crippen LogP contribution >= 0.6 is 0 Å². The lowest BCUT2D eigenvalue weighted by molar-refractivity contribution is -0.135. The smallest absolute Gasteiger partial charge is 0.213 e. The molecular weight excluding hydrogens is 164 g/mol. The van der Waals surface area contributed by atoms with Gasteiger partial charge in [0, 0.05) is 6.20 Å². The minimum Gasteiger partial charge on any atom is -0.374 e. The van der Waals surface area contributed by atoms with Crippen LogP contribution < -0.4 is 0 Å². The standard InChI is InChI=1S/C8H7F2NO/c9-7-3-6(1-2-11-7)8(10)4-12-5-8/h1-3H,4-5H2. The minimum absolute atomic E-state index is 0.0104. The number of rotatable bonds is 1. The highest BCUT2D eigenvalue weighted by Crippen LogP contribution is 2.33. The summed E-state index contributed by atoms with van der Waals surface area (Å²) in [4.78, 5) is 3.34. The van der Waals surface area contributed by atoms with Gasteiger partial charge in [-0.05, 0) is 17.7 Å². The monoisotopic (exact) mass is 171 g/mol. The maximum absolute atomic E-state index is 13.5. The highest BCUT2D eigenvalue weighted by molar-refractivity contribution is 5.22. The molecule has 2 heterocycles. The van der Waals surface area contributed by atoms with E-state index >= 15 is 0 Å². The van der Waals surface area contributed by atoms with Gasteiger partial charge < -0.3 is 4.74 Å². The van der Waals surface area contributed by atoms with Crippen molar-refractivity contribution < 1.29 is 13.5 Å². The third-order valence-corrected chi connectivity index (χ3v) is 1.91. The Balaban J connectivity index is 2.33. The molecule has 2 nitrogen and oxygen atoms in total. The molecule has 0 bridgehead atoms. The largest absolute Gasteiger partial charge is 0.374 e. The summed E-state index contributed by atoms with van der Waals surface area (Å²) in [5.41, 5.74) is -1.19. The Kier molecular flexibility index (Phi) is 1.58. The fourth-order valence-electron chi connectivity index (χ4n) is 1.13. The Bertz CT molecular complexity index is 299. The minimum atomic E-state index is -1.50. The van der Waals surface area contributed by atoms with E-state index in [1.165, 1.54) is 12.3 Å². The van der Waals surface area contributed by atoms with Crippen LogP contribution in [0.1, 0.15) is 5.56 Å². The first kappa shape index (κ1) is 7.61. The number of aromatic nitrogens is 1. The van der Waals surface area contributed by atoms with Gasteiger partial charge in [0.15, 0.2) is 5.67 Å². The van der Waals surface area contributed by atoms with Crippen molar-refractivity contribution in [2.75, 3.05) is 13.2 Å². The second-order valence-corrected chi connectivity index (χ2v) is 2.83. The molecule has 0 aromatic carbocycles. The lowest BCUT2D eigenvalue weighted by Crippen LogP contribution is -2.42. The molecular formula is C8H7F2NO. The molecule has 1 fully saturated rings. The third kappa shape index (κ3) is 1.08. The van der Waals surface area contributed by atoms with E-state index in [1.54, 1.807) is 0 Å². The molecule has 1 aromatic rings. The molecule has 1 aliphatic rings. The summed E-state index contributed by atoms with van der Waals surface area (Å²) >= 11 is 0. The first-order valence-electron chi connectivity index (χ1n) is 3.59. The van der Waals surface area contributed by atoms with Crippen LogP contribution in [0.2, 0.25) is 0 Å². The SMILES string of the molecule is Fc1cc(C2(F)COC2)ccn1. The molecule has 0 radical (unpaired) electrons. The average molecular weight is 171 g/mol. The van der Waals surface area contributed by atoms with E-state index in [2.05, 4.69) is 4.98 Å². The van der Waals surface area contributed by atoms with Crippen LogP contribution in [0.4, 0.5) is 8.78 Å². The summed E-state index contributed by atoms with van der Waals surface area (Å²) < 4.78 is 30.8. The van der Waals surface area contributed by atoms with E-state index in [1.807, 2.05) is 0 Å². The summed E-state index contributed by atoms with van der Waals surface area (Å²) in [5.74, 6) is -0.656. The number of nitrogens with zero attached hydrogens (tertiary/aromatic N) is 1. The topological polar surface area (TPSA) is 22.1 Å². The van der Waals surface area contributed by atoms with Crippen LogP contribution in [0.15, 0.2) is 18.3 Å². The van der Waals surface area contributed by atoms with Gasteiger partial charge in [0.2, 0.25) is 5.95 Å². The molecule has 1 saturated heterocycles. The van der Waals surface area contributed by atoms with Crippen molar-refractivity contribution in [3.63, 3.8) is 0 Å². The van der Waals surface area contributed by atoms with Gasteiger partial charge in [-0.15, -0.1) is 0 Å². The normalized spacial score (nSPS) is 20.2. The summed E-state index contributed by atoms with van der Waals surface area (Å²) in [5, 5.41) is 0. The zero-order chi connectivity index (χ0) is 8.60. The summed E-state index contributed by atoms with van der Waals surface area (Å²) in [6, 6.07) is 2.56. The van der Waals surface area contributed by atoms with Crippen LogP contribution in [-0.4, -0.2) is 18.2 Å². The summed E-state index contributed by atoms with van der Waals surface area (Å²) in [7, 11) is 0. The van der Waals surface area contributed by atoms with Gasteiger partial charge in [0.1, 0.15) is 0 Å². The van der Waals surface area contributed by atoms with Crippen LogP contribution in [0, 0.1) is 5.95 Å². The van der Waals surface area contributed by atoms with E-state index in [0.29, 0.717) is 5.56 Å². The van der Waals surface area contributed by atoms with Gasteiger partial charge in [-0.25, -0.2) is 9.37 Å². The Hall–Kier alpha value is -1.03. The van der Waals surface area contributed by atoms with Crippen LogP contribution in [0.3, 0.4) is 0 Å². The Morgan fingerprint density at radius 2 is 2.25 bits per heavy atom. The van der Waals surface area contributed by atoms with E-state index in [4.69, 9.17) is 4.74 Å². The van der Waals surface area contributed by atoms with Crippen molar-refractivity contribution in [2.24, 2.45) is 0 Å². The van der Waals surface area contributed by atoms with E-state index < -0.39 is 11.6 Å². The molecule has 0 saturated carbocycles. The van der Waals surface area contributed by atoms with Gasteiger partial charge in [-0.1, -0.05) is 0 Å². The van der Waals surface area contributed by atoms with Crippen molar-refractivity contribution in [1.29, 1.82) is 0 Å². The summed E-state index contributed by atoms with van der Waals surface area (Å²) in [6.07, 6.45) is 1.25. The molecule has 4 heteroatoms. The van der Waals surface area contributed by atoms with Gasteiger partial charge in [0.05, 0.1) is 13.2 Å². The molecule has 1 aliphatic heterocycles. The quantitative estimate of drug-likeness (QED) is 0.596. The number of pyridine rings is 1. The number of ether oxygens (including phenoxy) is 1. The summed E-state index contributed by atoms with van der Waals surface area (Å²) in [6.45, 7) is 0.0207. The van der Waals surface area contributed by atoms with Crippen molar-refractivity contribution >= 4 is 0 Å². The molecule has 0 atom stereocenters. The lowest BCUT2D eigenvalue weighted by atomic mass is 9.95. The average Bonchev–Trinajstić information content (AvgIpc) is 2.00. The van der Waals surface area contributed by atoms with Gasteiger partial charge in [-0.3, -0.25) is 0 Å². The molecule has 0 aliphatic carbocycles. The molecule has 0 N–H and O–H groups in total. The maximum Gasteiger partial charge on any atom is 0.213 e. The van der Waals surface area contributed by atoms with Crippen LogP contribution in [0.25, 0.3) is 0 Å². The Morgan fingerprint density at radius 3 is 2.75 bits per heavy atom. The molecule has 64 valence electrons.